The van der Waals surface area contributed by atoms with Gasteiger partial charge in [0.15, 0.2) is 0 Å². The summed E-state index contributed by atoms with van der Waals surface area (Å²) < 4.78 is 5.71. The Morgan fingerprint density at radius 2 is 1.95 bits per heavy atom. The monoisotopic (exact) mass is 302 g/mol. The number of hydrogen-bond donors (Lipinski definition) is 1. The zero-order chi connectivity index (χ0) is 14.9. The molecule has 1 N–H and O–H groups in total. The highest BCUT2D eigenvalue weighted by atomic mass is 35.5. The molecule has 0 fully saturated rings. The van der Waals surface area contributed by atoms with E-state index in [9.17, 15) is 5.11 Å². The van der Waals surface area contributed by atoms with Crippen molar-refractivity contribution in [3.8, 4) is 5.75 Å². The largest absolute Gasteiger partial charge is 0.493 e. The lowest BCUT2D eigenvalue weighted by Gasteiger charge is -2.24. The first kappa shape index (κ1) is 14.4. The van der Waals surface area contributed by atoms with Crippen LogP contribution in [0.15, 0.2) is 42.5 Å². The lowest BCUT2D eigenvalue weighted by atomic mass is 9.89. The average Bonchev–Trinajstić information content (AvgIpc) is 2.87. The van der Waals surface area contributed by atoms with Gasteiger partial charge in [0.25, 0.3) is 0 Å². The van der Waals surface area contributed by atoms with Crippen molar-refractivity contribution in [1.29, 1.82) is 0 Å². The van der Waals surface area contributed by atoms with E-state index < -0.39 is 5.60 Å². The van der Waals surface area contributed by atoms with Crippen molar-refractivity contribution in [2.24, 2.45) is 0 Å². The topological polar surface area (TPSA) is 29.5 Å². The van der Waals surface area contributed by atoms with Gasteiger partial charge in [-0.25, -0.2) is 0 Å². The summed E-state index contributed by atoms with van der Waals surface area (Å²) in [5.74, 6) is 0.910. The van der Waals surface area contributed by atoms with Crippen molar-refractivity contribution < 1.29 is 9.84 Å². The van der Waals surface area contributed by atoms with Crippen LogP contribution >= 0.6 is 11.6 Å². The molecule has 0 saturated heterocycles. The zero-order valence-corrected chi connectivity index (χ0v) is 12.9. The van der Waals surface area contributed by atoms with Gasteiger partial charge in [-0.2, -0.15) is 0 Å². The maximum Gasteiger partial charge on any atom is 0.126 e. The summed E-state index contributed by atoms with van der Waals surface area (Å²) in [5.41, 5.74) is 2.44. The first-order chi connectivity index (χ1) is 10.0. The number of ether oxygens (including phenoxy) is 1. The van der Waals surface area contributed by atoms with Gasteiger partial charge in [0.1, 0.15) is 5.75 Å². The molecule has 0 spiro atoms. The number of aliphatic hydroxyl groups is 1. The highest BCUT2D eigenvalue weighted by Crippen LogP contribution is 2.35. The number of halogens is 1. The zero-order valence-electron chi connectivity index (χ0n) is 12.1. The van der Waals surface area contributed by atoms with Gasteiger partial charge in [-0.05, 0) is 35.7 Å². The highest BCUT2D eigenvalue weighted by Gasteiger charge is 2.26. The van der Waals surface area contributed by atoms with E-state index in [0.717, 1.165) is 28.9 Å². The summed E-state index contributed by atoms with van der Waals surface area (Å²) >= 11 is 6.18. The van der Waals surface area contributed by atoms with Crippen molar-refractivity contribution in [1.82, 2.24) is 0 Å². The SMILES string of the molecule is CC(O)(Cc1ccccc1)Cc1cc(Cl)cc2c1OCC2. The first-order valence-corrected chi connectivity index (χ1v) is 7.62. The predicted octanol–water partition coefficient (Wildman–Crippen LogP) is 3.81. The Morgan fingerprint density at radius 1 is 1.19 bits per heavy atom. The number of benzene rings is 2. The molecule has 21 heavy (non-hydrogen) atoms. The molecular weight excluding hydrogens is 284 g/mol. The van der Waals surface area contributed by atoms with E-state index in [1.807, 2.05) is 49.4 Å². The van der Waals surface area contributed by atoms with Crippen LogP contribution in [0.2, 0.25) is 5.02 Å². The van der Waals surface area contributed by atoms with E-state index in [2.05, 4.69) is 0 Å². The molecule has 0 saturated carbocycles. The summed E-state index contributed by atoms with van der Waals surface area (Å²) in [6, 6.07) is 13.9. The van der Waals surface area contributed by atoms with Gasteiger partial charge < -0.3 is 9.84 Å². The van der Waals surface area contributed by atoms with Gasteiger partial charge in [-0.1, -0.05) is 41.9 Å². The van der Waals surface area contributed by atoms with Crippen LogP contribution in [0.25, 0.3) is 0 Å². The summed E-state index contributed by atoms with van der Waals surface area (Å²) in [7, 11) is 0. The minimum absolute atomic E-state index is 0.533. The average molecular weight is 303 g/mol. The second kappa shape index (κ2) is 5.70. The first-order valence-electron chi connectivity index (χ1n) is 7.24. The Hall–Kier alpha value is -1.51. The Labute approximate surface area is 130 Å². The molecule has 0 aromatic heterocycles. The van der Waals surface area contributed by atoms with Gasteiger partial charge in [-0.15, -0.1) is 0 Å². The second-order valence-electron chi connectivity index (χ2n) is 5.99. The van der Waals surface area contributed by atoms with E-state index >= 15 is 0 Å². The Morgan fingerprint density at radius 3 is 2.71 bits per heavy atom. The molecule has 110 valence electrons. The molecule has 2 aromatic rings. The number of hydrogen-bond acceptors (Lipinski definition) is 2. The van der Waals surface area contributed by atoms with E-state index in [1.165, 1.54) is 0 Å². The van der Waals surface area contributed by atoms with E-state index in [0.29, 0.717) is 24.5 Å². The van der Waals surface area contributed by atoms with Crippen LogP contribution in [0.5, 0.6) is 5.75 Å². The molecule has 1 aliphatic rings. The molecule has 3 heteroatoms. The van der Waals surface area contributed by atoms with Crippen molar-refractivity contribution in [2.45, 2.75) is 31.8 Å². The fraction of sp³-hybridized carbons (Fsp3) is 0.333. The van der Waals surface area contributed by atoms with Crippen LogP contribution in [-0.2, 0) is 19.3 Å². The lowest BCUT2D eigenvalue weighted by molar-refractivity contribution is 0.0602. The van der Waals surface area contributed by atoms with Gasteiger partial charge >= 0.3 is 0 Å². The minimum Gasteiger partial charge on any atom is -0.493 e. The standard InChI is InChI=1S/C18H19ClO2/c1-18(20,11-13-5-3-2-4-6-13)12-15-10-16(19)9-14-7-8-21-17(14)15/h2-6,9-10,20H,7-8,11-12H2,1H3. The third-order valence-electron chi connectivity index (χ3n) is 3.82. The third-order valence-corrected chi connectivity index (χ3v) is 4.04. The number of rotatable bonds is 4. The number of fused-ring (bicyclic) bond motifs is 1. The van der Waals surface area contributed by atoms with Crippen molar-refractivity contribution >= 4 is 11.6 Å². The van der Waals surface area contributed by atoms with E-state index in [1.54, 1.807) is 0 Å². The molecule has 0 radical (unpaired) electrons. The van der Waals surface area contributed by atoms with Gasteiger partial charge in [0, 0.05) is 24.3 Å². The van der Waals surface area contributed by atoms with Crippen molar-refractivity contribution in [3.05, 3.63) is 64.2 Å². The molecule has 3 rings (SSSR count). The Balaban J connectivity index is 1.83. The molecule has 0 amide bonds. The molecule has 1 atom stereocenters. The van der Waals surface area contributed by atoms with Crippen molar-refractivity contribution in [3.63, 3.8) is 0 Å². The quantitative estimate of drug-likeness (QED) is 0.930. The molecule has 1 unspecified atom stereocenters. The molecule has 1 heterocycles. The van der Waals surface area contributed by atoms with Crippen LogP contribution in [0.3, 0.4) is 0 Å². The normalized spacial score (nSPS) is 16.1. The molecular formula is C18H19ClO2. The lowest BCUT2D eigenvalue weighted by Crippen LogP contribution is -2.30. The van der Waals surface area contributed by atoms with Crippen LogP contribution in [0.4, 0.5) is 0 Å². The van der Waals surface area contributed by atoms with Gasteiger partial charge in [-0.3, -0.25) is 0 Å². The van der Waals surface area contributed by atoms with Crippen LogP contribution in [0, 0.1) is 0 Å². The Bertz CT molecular complexity index is 635. The van der Waals surface area contributed by atoms with E-state index in [-0.39, 0.29) is 0 Å². The third kappa shape index (κ3) is 3.39. The van der Waals surface area contributed by atoms with Gasteiger partial charge in [0.05, 0.1) is 12.2 Å². The molecule has 1 aliphatic heterocycles. The fourth-order valence-electron chi connectivity index (χ4n) is 2.99. The molecule has 2 aromatic carbocycles. The smallest absolute Gasteiger partial charge is 0.126 e. The van der Waals surface area contributed by atoms with E-state index in [4.69, 9.17) is 16.3 Å². The summed E-state index contributed by atoms with van der Waals surface area (Å²) in [5, 5.41) is 11.5. The molecule has 0 aliphatic carbocycles. The molecule has 0 bridgehead atoms. The van der Waals surface area contributed by atoms with Crippen molar-refractivity contribution in [2.75, 3.05) is 6.61 Å². The van der Waals surface area contributed by atoms with Crippen LogP contribution < -0.4 is 4.74 Å². The minimum atomic E-state index is -0.828. The maximum absolute atomic E-state index is 10.7. The summed E-state index contributed by atoms with van der Waals surface area (Å²) in [6.45, 7) is 2.56. The predicted molar refractivity (Wildman–Crippen MR) is 85.1 cm³/mol. The molecule has 2 nitrogen and oxygen atoms in total. The fourth-order valence-corrected chi connectivity index (χ4v) is 3.25. The van der Waals surface area contributed by atoms with Crippen LogP contribution in [-0.4, -0.2) is 17.3 Å². The van der Waals surface area contributed by atoms with Crippen LogP contribution in [0.1, 0.15) is 23.6 Å². The summed E-state index contributed by atoms with van der Waals surface area (Å²) in [4.78, 5) is 0. The van der Waals surface area contributed by atoms with Gasteiger partial charge in [0.2, 0.25) is 0 Å². The second-order valence-corrected chi connectivity index (χ2v) is 6.42. The Kier molecular flexibility index (Phi) is 3.92. The summed E-state index contributed by atoms with van der Waals surface area (Å²) in [6.07, 6.45) is 2.03. The highest BCUT2D eigenvalue weighted by molar-refractivity contribution is 6.30. The maximum atomic E-state index is 10.7.